The van der Waals surface area contributed by atoms with Crippen LogP contribution in [0.4, 0.5) is 11.4 Å². The number of nitrogens with two attached hydrogens (primary N) is 1. The number of primary amides is 1. The van der Waals surface area contributed by atoms with Gasteiger partial charge >= 0.3 is 0 Å². The van der Waals surface area contributed by atoms with Crippen LogP contribution in [0.1, 0.15) is 16.2 Å². The number of nitrogens with zero attached hydrogens (tertiary/aromatic N) is 4. The number of rotatable bonds is 5. The molecule has 0 bridgehead atoms. The molecule has 20 heavy (non-hydrogen) atoms. The summed E-state index contributed by atoms with van der Waals surface area (Å²) in [6.45, 7) is 0.198. The van der Waals surface area contributed by atoms with E-state index in [1.54, 1.807) is 7.05 Å². The molecule has 104 valence electrons. The minimum atomic E-state index is -0.654. The molecule has 9 heteroatoms. The molecule has 3 N–H and O–H groups in total. The Kier molecular flexibility index (Phi) is 3.60. The Balaban J connectivity index is 2.25. The van der Waals surface area contributed by atoms with Gasteiger partial charge in [0.2, 0.25) is 5.91 Å². The van der Waals surface area contributed by atoms with Crippen LogP contribution in [0.2, 0.25) is 0 Å². The van der Waals surface area contributed by atoms with Crippen molar-refractivity contribution in [1.29, 1.82) is 0 Å². The molecule has 1 amide bonds. The first-order valence-electron chi connectivity index (χ1n) is 5.64. The number of hydrogen-bond donors (Lipinski definition) is 2. The summed E-state index contributed by atoms with van der Waals surface area (Å²) in [6, 6.07) is 3.88. The maximum Gasteiger partial charge on any atom is 0.292 e. The number of benzene rings is 1. The highest BCUT2D eigenvalue weighted by Gasteiger charge is 2.16. The third kappa shape index (κ3) is 2.88. The molecule has 9 nitrogen and oxygen atoms in total. The number of amides is 1. The van der Waals surface area contributed by atoms with Crippen molar-refractivity contribution in [3.8, 4) is 0 Å². The number of carbonyl (C=O) groups is 1. The largest absolute Gasteiger partial charge is 0.372 e. The number of aromatic nitrogens is 3. The normalized spacial score (nSPS) is 10.2. The molecule has 1 heterocycles. The summed E-state index contributed by atoms with van der Waals surface area (Å²) in [5.41, 5.74) is 5.39. The van der Waals surface area contributed by atoms with Gasteiger partial charge in [0.1, 0.15) is 12.0 Å². The summed E-state index contributed by atoms with van der Waals surface area (Å²) < 4.78 is 1.52. The minimum Gasteiger partial charge on any atom is -0.372 e. The molecule has 0 saturated carbocycles. The van der Waals surface area contributed by atoms with Crippen molar-refractivity contribution in [2.75, 3.05) is 5.32 Å². The summed E-state index contributed by atoms with van der Waals surface area (Å²) >= 11 is 0. The third-order valence-corrected chi connectivity index (χ3v) is 2.56. The van der Waals surface area contributed by atoms with Crippen LogP contribution in [0.5, 0.6) is 0 Å². The van der Waals surface area contributed by atoms with Gasteiger partial charge in [-0.05, 0) is 12.1 Å². The standard InChI is InChI=1S/C11H12N6O3/c1-16-6-14-10(15-16)5-13-8-4-7(11(12)18)2-3-9(8)17(19)20/h2-4,6,13H,5H2,1H3,(H2,12,18). The molecule has 0 aliphatic rings. The molecule has 2 aromatic rings. The number of carbonyl (C=O) groups excluding carboxylic acids is 1. The van der Waals surface area contributed by atoms with E-state index in [2.05, 4.69) is 15.4 Å². The fraction of sp³-hybridized carbons (Fsp3) is 0.182. The SMILES string of the molecule is Cn1cnc(CNc2cc(C(N)=O)ccc2[N+](=O)[O-])n1. The Labute approximate surface area is 113 Å². The highest BCUT2D eigenvalue weighted by Crippen LogP contribution is 2.25. The van der Waals surface area contributed by atoms with Crippen LogP contribution in [0.3, 0.4) is 0 Å². The van der Waals surface area contributed by atoms with E-state index >= 15 is 0 Å². The van der Waals surface area contributed by atoms with Crippen LogP contribution < -0.4 is 11.1 Å². The lowest BCUT2D eigenvalue weighted by Crippen LogP contribution is -2.12. The highest BCUT2D eigenvalue weighted by molar-refractivity contribution is 5.94. The van der Waals surface area contributed by atoms with Crippen LogP contribution in [-0.4, -0.2) is 25.6 Å². The predicted octanol–water partition coefficient (Wildman–Crippen LogP) is 0.434. The fourth-order valence-electron chi connectivity index (χ4n) is 1.63. The van der Waals surface area contributed by atoms with Crippen LogP contribution in [0, 0.1) is 10.1 Å². The Morgan fingerprint density at radius 2 is 2.30 bits per heavy atom. The maximum absolute atomic E-state index is 11.1. The maximum atomic E-state index is 11.1. The van der Waals surface area contributed by atoms with Gasteiger partial charge in [0.25, 0.3) is 5.69 Å². The number of nitro benzene ring substituents is 1. The molecule has 0 radical (unpaired) electrons. The van der Waals surface area contributed by atoms with Gasteiger partial charge in [-0.25, -0.2) is 4.98 Å². The van der Waals surface area contributed by atoms with Crippen molar-refractivity contribution in [3.05, 3.63) is 46.0 Å². The lowest BCUT2D eigenvalue weighted by Gasteiger charge is -2.06. The minimum absolute atomic E-state index is 0.147. The summed E-state index contributed by atoms with van der Waals surface area (Å²) in [4.78, 5) is 25.5. The van der Waals surface area contributed by atoms with Crippen molar-refractivity contribution in [2.24, 2.45) is 12.8 Å². The van der Waals surface area contributed by atoms with Crippen LogP contribution in [0.15, 0.2) is 24.5 Å². The fourth-order valence-corrected chi connectivity index (χ4v) is 1.63. The highest BCUT2D eigenvalue weighted by atomic mass is 16.6. The van der Waals surface area contributed by atoms with E-state index in [4.69, 9.17) is 5.73 Å². The molecule has 0 aliphatic heterocycles. The zero-order valence-electron chi connectivity index (χ0n) is 10.6. The first-order valence-corrected chi connectivity index (χ1v) is 5.64. The lowest BCUT2D eigenvalue weighted by atomic mass is 10.1. The molecule has 0 saturated heterocycles. The average molecular weight is 276 g/mol. The second-order valence-corrected chi connectivity index (χ2v) is 4.04. The van der Waals surface area contributed by atoms with Gasteiger partial charge in [0, 0.05) is 18.7 Å². The number of nitro groups is 1. The van der Waals surface area contributed by atoms with E-state index in [1.807, 2.05) is 0 Å². The summed E-state index contributed by atoms with van der Waals surface area (Å²) in [7, 11) is 1.71. The lowest BCUT2D eigenvalue weighted by molar-refractivity contribution is -0.384. The van der Waals surface area contributed by atoms with Crippen LogP contribution >= 0.6 is 0 Å². The molecule has 0 spiro atoms. The van der Waals surface area contributed by atoms with Crippen molar-refractivity contribution >= 4 is 17.3 Å². The Morgan fingerprint density at radius 3 is 2.85 bits per heavy atom. The van der Waals surface area contributed by atoms with Crippen molar-refractivity contribution in [1.82, 2.24) is 14.8 Å². The zero-order valence-corrected chi connectivity index (χ0v) is 10.6. The van der Waals surface area contributed by atoms with Crippen molar-refractivity contribution < 1.29 is 9.72 Å². The molecule has 1 aromatic heterocycles. The topological polar surface area (TPSA) is 129 Å². The van der Waals surface area contributed by atoms with E-state index in [-0.39, 0.29) is 23.5 Å². The van der Waals surface area contributed by atoms with Crippen molar-refractivity contribution in [2.45, 2.75) is 6.54 Å². The van der Waals surface area contributed by atoms with E-state index in [0.29, 0.717) is 5.82 Å². The van der Waals surface area contributed by atoms with Gasteiger partial charge in [-0.3, -0.25) is 19.6 Å². The quantitative estimate of drug-likeness (QED) is 0.602. The number of hydrogen-bond acceptors (Lipinski definition) is 6. The van der Waals surface area contributed by atoms with Gasteiger partial charge in [-0.2, -0.15) is 5.10 Å². The average Bonchev–Trinajstić information content (AvgIpc) is 2.81. The molecule has 1 aromatic carbocycles. The van der Waals surface area contributed by atoms with E-state index in [1.165, 1.54) is 29.2 Å². The molecule has 2 rings (SSSR count). The third-order valence-electron chi connectivity index (χ3n) is 2.56. The molecule has 0 unspecified atom stereocenters. The summed E-state index contributed by atoms with van der Waals surface area (Å²) in [6.07, 6.45) is 1.52. The van der Waals surface area contributed by atoms with Crippen LogP contribution in [0.25, 0.3) is 0 Å². The van der Waals surface area contributed by atoms with Gasteiger partial charge in [0.05, 0.1) is 11.5 Å². The van der Waals surface area contributed by atoms with Gasteiger partial charge in [-0.1, -0.05) is 0 Å². The van der Waals surface area contributed by atoms with E-state index < -0.39 is 10.8 Å². The number of nitrogens with one attached hydrogen (secondary N) is 1. The molecular weight excluding hydrogens is 264 g/mol. The van der Waals surface area contributed by atoms with Gasteiger partial charge < -0.3 is 11.1 Å². The molecule has 0 atom stereocenters. The second kappa shape index (κ2) is 5.34. The molecule has 0 aliphatic carbocycles. The number of aryl methyl sites for hydroxylation is 1. The zero-order chi connectivity index (χ0) is 14.7. The van der Waals surface area contributed by atoms with Crippen molar-refractivity contribution in [3.63, 3.8) is 0 Å². The molecular formula is C11H12N6O3. The predicted molar refractivity (Wildman–Crippen MR) is 69.9 cm³/mol. The van der Waals surface area contributed by atoms with E-state index in [9.17, 15) is 14.9 Å². The smallest absolute Gasteiger partial charge is 0.292 e. The second-order valence-electron chi connectivity index (χ2n) is 4.04. The Bertz CT molecular complexity index is 666. The first kappa shape index (κ1) is 13.5. The summed E-state index contributed by atoms with van der Waals surface area (Å²) in [5.74, 6) is -0.176. The van der Waals surface area contributed by atoms with Gasteiger partial charge in [0.15, 0.2) is 5.82 Å². The van der Waals surface area contributed by atoms with Gasteiger partial charge in [-0.15, -0.1) is 0 Å². The Morgan fingerprint density at radius 1 is 1.55 bits per heavy atom. The monoisotopic (exact) mass is 276 g/mol. The Hall–Kier alpha value is -2.97. The van der Waals surface area contributed by atoms with E-state index in [0.717, 1.165) is 0 Å². The summed E-state index contributed by atoms with van der Waals surface area (Å²) in [5, 5.41) is 17.8. The van der Waals surface area contributed by atoms with Crippen LogP contribution in [-0.2, 0) is 13.6 Å². The number of anilines is 1. The first-order chi connectivity index (χ1) is 9.47. The molecule has 0 fully saturated rings.